The summed E-state index contributed by atoms with van der Waals surface area (Å²) in [6.45, 7) is 0.0445. The highest BCUT2D eigenvalue weighted by Crippen LogP contribution is 2.16. The van der Waals surface area contributed by atoms with Crippen LogP contribution in [0.5, 0.6) is 0 Å². The number of hydrogen-bond acceptors (Lipinski definition) is 4. The maximum atomic E-state index is 13.2. The maximum absolute atomic E-state index is 13.2. The number of carboxylic acids is 1. The molecule has 2 rings (SSSR count). The molecule has 0 saturated heterocycles. The van der Waals surface area contributed by atoms with Crippen LogP contribution in [0.15, 0.2) is 28.8 Å². The van der Waals surface area contributed by atoms with E-state index in [9.17, 15) is 13.6 Å². The lowest BCUT2D eigenvalue weighted by Crippen LogP contribution is -2.01. The normalized spacial score (nSPS) is 10.3. The van der Waals surface area contributed by atoms with Crippen molar-refractivity contribution in [1.82, 2.24) is 5.16 Å². The Morgan fingerprint density at radius 3 is 2.78 bits per heavy atom. The summed E-state index contributed by atoms with van der Waals surface area (Å²) in [7, 11) is 0. The van der Waals surface area contributed by atoms with Crippen LogP contribution in [0.25, 0.3) is 0 Å². The molecule has 0 amide bonds. The highest BCUT2D eigenvalue weighted by Gasteiger charge is 2.11. The fraction of sp³-hybridized carbons (Fsp3) is 0.0909. The van der Waals surface area contributed by atoms with Crippen molar-refractivity contribution >= 4 is 11.7 Å². The van der Waals surface area contributed by atoms with Gasteiger partial charge in [0.2, 0.25) is 0 Å². The molecule has 2 N–H and O–H groups in total. The van der Waals surface area contributed by atoms with E-state index in [0.29, 0.717) is 0 Å². The molecule has 0 saturated carbocycles. The predicted molar refractivity (Wildman–Crippen MR) is 57.1 cm³/mol. The summed E-state index contributed by atoms with van der Waals surface area (Å²) in [6.07, 6.45) is 0. The summed E-state index contributed by atoms with van der Waals surface area (Å²) in [4.78, 5) is 10.5. The Morgan fingerprint density at radius 1 is 1.39 bits per heavy atom. The van der Waals surface area contributed by atoms with Gasteiger partial charge in [0.05, 0.1) is 12.2 Å². The number of nitrogens with one attached hydrogen (secondary N) is 1. The zero-order valence-corrected chi connectivity index (χ0v) is 8.98. The summed E-state index contributed by atoms with van der Waals surface area (Å²) < 4.78 is 30.6. The quantitative estimate of drug-likeness (QED) is 0.875. The van der Waals surface area contributed by atoms with Gasteiger partial charge in [0.15, 0.2) is 11.5 Å². The van der Waals surface area contributed by atoms with Crippen LogP contribution in [0.4, 0.5) is 14.5 Å². The third kappa shape index (κ3) is 2.62. The van der Waals surface area contributed by atoms with Crippen molar-refractivity contribution in [2.24, 2.45) is 0 Å². The molecule has 0 radical (unpaired) electrons. The smallest absolute Gasteiger partial charge is 0.358 e. The molecule has 5 nitrogen and oxygen atoms in total. The first-order valence-corrected chi connectivity index (χ1v) is 4.94. The minimum atomic E-state index is -1.21. The highest BCUT2D eigenvalue weighted by molar-refractivity contribution is 5.85. The van der Waals surface area contributed by atoms with Crippen molar-refractivity contribution in [2.75, 3.05) is 5.32 Å². The summed E-state index contributed by atoms with van der Waals surface area (Å²) in [5.74, 6) is -2.40. The van der Waals surface area contributed by atoms with E-state index < -0.39 is 17.6 Å². The molecule has 1 heterocycles. The van der Waals surface area contributed by atoms with Crippen molar-refractivity contribution in [3.63, 3.8) is 0 Å². The van der Waals surface area contributed by atoms with Gasteiger partial charge in [-0.05, 0) is 12.1 Å². The number of aromatic nitrogens is 1. The number of rotatable bonds is 4. The zero-order valence-electron chi connectivity index (χ0n) is 8.98. The van der Waals surface area contributed by atoms with Crippen LogP contribution in [-0.2, 0) is 6.54 Å². The minimum absolute atomic E-state index is 0.0445. The number of carboxylic acid groups (broad SMARTS) is 1. The van der Waals surface area contributed by atoms with Crippen molar-refractivity contribution in [3.05, 3.63) is 47.4 Å². The van der Waals surface area contributed by atoms with E-state index in [1.54, 1.807) is 0 Å². The zero-order chi connectivity index (χ0) is 13.1. The van der Waals surface area contributed by atoms with Crippen molar-refractivity contribution in [1.29, 1.82) is 0 Å². The van der Waals surface area contributed by atoms with Gasteiger partial charge in [-0.2, -0.15) is 0 Å². The van der Waals surface area contributed by atoms with E-state index >= 15 is 0 Å². The van der Waals surface area contributed by atoms with Gasteiger partial charge in [0, 0.05) is 12.1 Å². The van der Waals surface area contributed by atoms with E-state index in [0.717, 1.165) is 12.1 Å². The average Bonchev–Trinajstić information content (AvgIpc) is 2.76. The van der Waals surface area contributed by atoms with Crippen LogP contribution in [0.3, 0.4) is 0 Å². The van der Waals surface area contributed by atoms with Gasteiger partial charge in [0.25, 0.3) is 0 Å². The van der Waals surface area contributed by atoms with Gasteiger partial charge in [-0.3, -0.25) is 0 Å². The maximum Gasteiger partial charge on any atom is 0.358 e. The Kier molecular flexibility index (Phi) is 3.22. The van der Waals surface area contributed by atoms with Crippen LogP contribution in [0, 0.1) is 11.6 Å². The Morgan fingerprint density at radius 2 is 2.17 bits per heavy atom. The van der Waals surface area contributed by atoms with Crippen LogP contribution in [0.1, 0.15) is 16.2 Å². The first-order chi connectivity index (χ1) is 8.56. The molecule has 1 aromatic carbocycles. The molecule has 0 aliphatic heterocycles. The first kappa shape index (κ1) is 12.0. The molecule has 2 aromatic rings. The average molecular weight is 254 g/mol. The summed E-state index contributed by atoms with van der Waals surface area (Å²) in [6, 6.07) is 4.30. The number of halogens is 2. The number of aromatic carboxylic acids is 1. The molecule has 0 aliphatic carbocycles. The molecule has 18 heavy (non-hydrogen) atoms. The van der Waals surface area contributed by atoms with E-state index in [1.807, 2.05) is 0 Å². The lowest BCUT2D eigenvalue weighted by molar-refractivity contribution is 0.0685. The topological polar surface area (TPSA) is 75.4 Å². The van der Waals surface area contributed by atoms with E-state index in [4.69, 9.17) is 9.63 Å². The molecule has 0 atom stereocenters. The van der Waals surface area contributed by atoms with Gasteiger partial charge < -0.3 is 14.9 Å². The van der Waals surface area contributed by atoms with Crippen molar-refractivity contribution in [2.45, 2.75) is 6.54 Å². The largest absolute Gasteiger partial charge is 0.476 e. The number of nitrogens with zero attached hydrogens (tertiary/aromatic N) is 1. The SMILES string of the molecule is O=C(O)c1cc(CNc2ccc(F)cc2F)on1. The summed E-state index contributed by atoms with van der Waals surface area (Å²) in [5, 5.41) is 14.6. The second-order valence-electron chi connectivity index (χ2n) is 3.46. The lowest BCUT2D eigenvalue weighted by atomic mass is 10.3. The van der Waals surface area contributed by atoms with Crippen LogP contribution in [-0.4, -0.2) is 16.2 Å². The lowest BCUT2D eigenvalue weighted by Gasteiger charge is -2.04. The highest BCUT2D eigenvalue weighted by atomic mass is 19.1. The minimum Gasteiger partial charge on any atom is -0.476 e. The Bertz CT molecular complexity index is 583. The summed E-state index contributed by atoms with van der Waals surface area (Å²) in [5.41, 5.74) is -0.143. The number of carbonyl (C=O) groups is 1. The van der Waals surface area contributed by atoms with Gasteiger partial charge in [0.1, 0.15) is 11.6 Å². The fourth-order valence-corrected chi connectivity index (χ4v) is 1.31. The molecule has 0 bridgehead atoms. The van der Waals surface area contributed by atoms with Crippen molar-refractivity contribution in [3.8, 4) is 0 Å². The molecule has 0 fully saturated rings. The van der Waals surface area contributed by atoms with Crippen LogP contribution >= 0.6 is 0 Å². The molecule has 1 aromatic heterocycles. The van der Waals surface area contributed by atoms with E-state index in [2.05, 4.69) is 10.5 Å². The Labute approximate surface area is 100 Å². The molecule has 0 spiro atoms. The van der Waals surface area contributed by atoms with Gasteiger partial charge in [-0.15, -0.1) is 0 Å². The molecular weight excluding hydrogens is 246 g/mol. The monoisotopic (exact) mass is 254 g/mol. The second kappa shape index (κ2) is 4.82. The third-order valence-electron chi connectivity index (χ3n) is 2.16. The Balaban J connectivity index is 2.04. The molecular formula is C11H8F2N2O3. The molecule has 94 valence electrons. The van der Waals surface area contributed by atoms with Crippen LogP contribution in [0.2, 0.25) is 0 Å². The van der Waals surface area contributed by atoms with Crippen LogP contribution < -0.4 is 5.32 Å². The third-order valence-corrected chi connectivity index (χ3v) is 2.16. The number of anilines is 1. The predicted octanol–water partition coefficient (Wildman–Crippen LogP) is 2.26. The number of benzene rings is 1. The number of hydrogen-bond donors (Lipinski definition) is 2. The molecule has 7 heteroatoms. The van der Waals surface area contributed by atoms with E-state index in [-0.39, 0.29) is 23.7 Å². The first-order valence-electron chi connectivity index (χ1n) is 4.94. The van der Waals surface area contributed by atoms with Gasteiger partial charge >= 0.3 is 5.97 Å². The van der Waals surface area contributed by atoms with E-state index in [1.165, 1.54) is 12.1 Å². The summed E-state index contributed by atoms with van der Waals surface area (Å²) >= 11 is 0. The van der Waals surface area contributed by atoms with Gasteiger partial charge in [-0.25, -0.2) is 13.6 Å². The van der Waals surface area contributed by atoms with Crippen molar-refractivity contribution < 1.29 is 23.2 Å². The van der Waals surface area contributed by atoms with Gasteiger partial charge in [-0.1, -0.05) is 5.16 Å². The Hall–Kier alpha value is -2.44. The standard InChI is InChI=1S/C11H8F2N2O3/c12-6-1-2-9(8(13)3-6)14-5-7-4-10(11(16)17)15-18-7/h1-4,14H,5H2,(H,16,17). The molecule has 0 unspecified atom stereocenters. The fourth-order valence-electron chi connectivity index (χ4n) is 1.31. The molecule has 0 aliphatic rings. The second-order valence-corrected chi connectivity index (χ2v) is 3.46.